The van der Waals surface area contributed by atoms with E-state index in [1.807, 2.05) is 12.1 Å². The van der Waals surface area contributed by atoms with Crippen LogP contribution < -0.4 is 0 Å². The smallest absolute Gasteiger partial charge is 0.264 e. The third-order valence-electron chi connectivity index (χ3n) is 1.76. The zero-order valence-corrected chi connectivity index (χ0v) is 9.05. The van der Waals surface area contributed by atoms with Crippen LogP contribution in [0.25, 0.3) is 0 Å². The lowest BCUT2D eigenvalue weighted by Gasteiger charge is -2.00. The normalized spacial score (nSPS) is 11.6. The topological polar surface area (TPSA) is 54.4 Å². The van der Waals surface area contributed by atoms with Crippen molar-refractivity contribution in [1.82, 2.24) is 0 Å². The summed E-state index contributed by atoms with van der Waals surface area (Å²) in [6.45, 7) is 0. The summed E-state index contributed by atoms with van der Waals surface area (Å²) >= 11 is 5.75. The molecule has 0 saturated heterocycles. The Hall–Kier alpha value is -0.580. The van der Waals surface area contributed by atoms with Gasteiger partial charge in [0.15, 0.2) is 0 Å². The fraction of sp³-hybridized carbons (Fsp3) is 0.333. The maximum absolute atomic E-state index is 10.4. The van der Waals surface area contributed by atoms with Crippen molar-refractivity contribution >= 4 is 21.7 Å². The number of rotatable bonds is 4. The first-order chi connectivity index (χ1) is 6.47. The van der Waals surface area contributed by atoms with Crippen molar-refractivity contribution in [2.45, 2.75) is 12.8 Å². The second-order valence-corrected chi connectivity index (χ2v) is 5.03. The molecule has 0 radical (unpaired) electrons. The molecular weight excluding hydrogens is 224 g/mol. The average Bonchev–Trinajstić information content (AvgIpc) is 2.01. The van der Waals surface area contributed by atoms with Crippen molar-refractivity contribution in [3.05, 3.63) is 34.9 Å². The molecular formula is C9H11ClO3S. The van der Waals surface area contributed by atoms with Crippen LogP contribution in [-0.2, 0) is 16.5 Å². The van der Waals surface area contributed by atoms with Crippen molar-refractivity contribution < 1.29 is 13.0 Å². The summed E-state index contributed by atoms with van der Waals surface area (Å²) in [6, 6.07) is 7.22. The first-order valence-electron chi connectivity index (χ1n) is 4.17. The number of hydrogen-bond donors (Lipinski definition) is 1. The molecule has 1 aromatic carbocycles. The number of hydrogen-bond acceptors (Lipinski definition) is 2. The van der Waals surface area contributed by atoms with Crippen molar-refractivity contribution in [2.75, 3.05) is 5.75 Å². The van der Waals surface area contributed by atoms with Gasteiger partial charge in [-0.1, -0.05) is 23.7 Å². The van der Waals surface area contributed by atoms with Gasteiger partial charge in [0.1, 0.15) is 0 Å². The predicted molar refractivity (Wildman–Crippen MR) is 56.2 cm³/mol. The molecule has 0 aromatic heterocycles. The molecule has 0 fully saturated rings. The zero-order valence-electron chi connectivity index (χ0n) is 7.48. The monoisotopic (exact) mass is 234 g/mol. The van der Waals surface area contributed by atoms with E-state index in [1.54, 1.807) is 12.1 Å². The molecule has 0 spiro atoms. The highest BCUT2D eigenvalue weighted by atomic mass is 35.5. The van der Waals surface area contributed by atoms with Crippen LogP contribution in [0.15, 0.2) is 24.3 Å². The van der Waals surface area contributed by atoms with Crippen molar-refractivity contribution in [3.8, 4) is 0 Å². The molecule has 5 heteroatoms. The van der Waals surface area contributed by atoms with E-state index in [2.05, 4.69) is 0 Å². The Balaban J connectivity index is 2.47. The molecule has 0 atom stereocenters. The van der Waals surface area contributed by atoms with Crippen LogP contribution >= 0.6 is 11.6 Å². The molecule has 1 rings (SSSR count). The molecule has 0 aliphatic heterocycles. The second-order valence-electron chi connectivity index (χ2n) is 3.02. The molecule has 0 amide bonds. The van der Waals surface area contributed by atoms with Crippen LogP contribution in [0.5, 0.6) is 0 Å². The van der Waals surface area contributed by atoms with Gasteiger partial charge in [0.05, 0.1) is 5.75 Å². The fourth-order valence-corrected chi connectivity index (χ4v) is 1.87. The third kappa shape index (κ3) is 4.60. The fourth-order valence-electron chi connectivity index (χ4n) is 1.15. The Morgan fingerprint density at radius 3 is 2.64 bits per heavy atom. The average molecular weight is 235 g/mol. The molecule has 3 nitrogen and oxygen atoms in total. The van der Waals surface area contributed by atoms with Crippen LogP contribution in [0, 0.1) is 0 Å². The van der Waals surface area contributed by atoms with Crippen molar-refractivity contribution in [1.29, 1.82) is 0 Å². The van der Waals surface area contributed by atoms with Gasteiger partial charge in [-0.25, -0.2) is 0 Å². The summed E-state index contributed by atoms with van der Waals surface area (Å²) < 4.78 is 29.3. The second kappa shape index (κ2) is 4.77. The van der Waals surface area contributed by atoms with Crippen LogP contribution in [0.4, 0.5) is 0 Å². The van der Waals surface area contributed by atoms with Gasteiger partial charge in [0, 0.05) is 5.02 Å². The number of aryl methyl sites for hydroxylation is 1. The van der Waals surface area contributed by atoms with Gasteiger partial charge >= 0.3 is 0 Å². The molecule has 0 heterocycles. The van der Waals surface area contributed by atoms with E-state index in [1.165, 1.54) is 0 Å². The first-order valence-corrected chi connectivity index (χ1v) is 6.16. The molecule has 0 aliphatic carbocycles. The van der Waals surface area contributed by atoms with Crippen molar-refractivity contribution in [2.24, 2.45) is 0 Å². The predicted octanol–water partition coefficient (Wildman–Crippen LogP) is 2.16. The molecule has 0 saturated carbocycles. The summed E-state index contributed by atoms with van der Waals surface area (Å²) in [5.74, 6) is -0.209. The summed E-state index contributed by atoms with van der Waals surface area (Å²) in [7, 11) is -3.84. The summed E-state index contributed by atoms with van der Waals surface area (Å²) in [4.78, 5) is 0. The van der Waals surface area contributed by atoms with E-state index in [0.717, 1.165) is 5.56 Å². The lowest BCUT2D eigenvalue weighted by molar-refractivity contribution is 0.481. The largest absolute Gasteiger partial charge is 0.286 e. The Bertz CT molecular complexity index is 400. The van der Waals surface area contributed by atoms with E-state index in [4.69, 9.17) is 16.2 Å². The quantitative estimate of drug-likeness (QED) is 0.813. The van der Waals surface area contributed by atoms with Crippen molar-refractivity contribution in [3.63, 3.8) is 0 Å². The summed E-state index contributed by atoms with van der Waals surface area (Å²) in [6.07, 6.45) is 1.000. The summed E-state index contributed by atoms with van der Waals surface area (Å²) in [5, 5.41) is 0.634. The molecule has 0 bridgehead atoms. The van der Waals surface area contributed by atoms with E-state index < -0.39 is 10.1 Å². The molecule has 78 valence electrons. The zero-order chi connectivity index (χ0) is 10.6. The minimum absolute atomic E-state index is 0.209. The van der Waals surface area contributed by atoms with Gasteiger partial charge in [-0.05, 0) is 30.5 Å². The molecule has 1 aromatic rings. The number of benzene rings is 1. The third-order valence-corrected chi connectivity index (χ3v) is 2.80. The van der Waals surface area contributed by atoms with Gasteiger partial charge in [0.25, 0.3) is 10.1 Å². The maximum atomic E-state index is 10.4. The van der Waals surface area contributed by atoms with Gasteiger partial charge in [-0.15, -0.1) is 0 Å². The van der Waals surface area contributed by atoms with Crippen LogP contribution in [-0.4, -0.2) is 18.7 Å². The van der Waals surface area contributed by atoms with Crippen LogP contribution in [0.1, 0.15) is 12.0 Å². The highest BCUT2D eigenvalue weighted by Gasteiger charge is 2.03. The SMILES string of the molecule is O=S(=O)(O)CCCc1cccc(Cl)c1. The van der Waals surface area contributed by atoms with E-state index in [-0.39, 0.29) is 5.75 Å². The standard InChI is InChI=1S/C9H11ClO3S/c10-9-5-1-3-8(7-9)4-2-6-14(11,12)13/h1,3,5,7H,2,4,6H2,(H,11,12,13). The van der Waals surface area contributed by atoms with Crippen LogP contribution in [0.2, 0.25) is 5.02 Å². The Morgan fingerprint density at radius 1 is 1.36 bits per heavy atom. The van der Waals surface area contributed by atoms with Gasteiger partial charge in [-0.3, -0.25) is 4.55 Å². The van der Waals surface area contributed by atoms with Gasteiger partial charge < -0.3 is 0 Å². The number of halogens is 1. The maximum Gasteiger partial charge on any atom is 0.264 e. The highest BCUT2D eigenvalue weighted by Crippen LogP contribution is 2.12. The van der Waals surface area contributed by atoms with Gasteiger partial charge in [-0.2, -0.15) is 8.42 Å². The van der Waals surface area contributed by atoms with E-state index in [0.29, 0.717) is 17.9 Å². The molecule has 14 heavy (non-hydrogen) atoms. The lowest BCUT2D eigenvalue weighted by atomic mass is 10.1. The Kier molecular flexibility index (Phi) is 3.92. The lowest BCUT2D eigenvalue weighted by Crippen LogP contribution is -2.04. The minimum Gasteiger partial charge on any atom is -0.286 e. The molecule has 1 N–H and O–H groups in total. The highest BCUT2D eigenvalue weighted by molar-refractivity contribution is 7.85. The molecule has 0 aliphatic rings. The van der Waals surface area contributed by atoms with E-state index >= 15 is 0 Å². The first kappa shape index (κ1) is 11.5. The summed E-state index contributed by atoms with van der Waals surface area (Å²) in [5.41, 5.74) is 0.973. The molecule has 0 unspecified atom stereocenters. The Morgan fingerprint density at radius 2 is 2.07 bits per heavy atom. The van der Waals surface area contributed by atoms with Crippen LogP contribution in [0.3, 0.4) is 0 Å². The van der Waals surface area contributed by atoms with Gasteiger partial charge in [0.2, 0.25) is 0 Å². The Labute approximate surface area is 88.5 Å². The van der Waals surface area contributed by atoms with E-state index in [9.17, 15) is 8.42 Å². The minimum atomic E-state index is -3.84.